The normalized spacial score (nSPS) is 24.1. The summed E-state index contributed by atoms with van der Waals surface area (Å²) in [6.45, 7) is 4.02. The first-order valence-corrected chi connectivity index (χ1v) is 18.3. The Morgan fingerprint density at radius 1 is 1.16 bits per heavy atom. The number of rotatable bonds is 7. The molecule has 254 valence electrons. The number of aromatic nitrogens is 4. The van der Waals surface area contributed by atoms with Crippen LogP contribution in [0.15, 0.2) is 22.9 Å². The molecule has 4 aromatic heterocycles. The average molecular weight is 678 g/mol. The highest BCUT2D eigenvalue weighted by Crippen LogP contribution is 2.55. The third-order valence-corrected chi connectivity index (χ3v) is 12.5. The van der Waals surface area contributed by atoms with E-state index in [0.717, 1.165) is 99.7 Å². The van der Waals surface area contributed by atoms with Gasteiger partial charge < -0.3 is 36.5 Å². The molecule has 6 heterocycles. The lowest BCUT2D eigenvalue weighted by Crippen LogP contribution is -2.39. The van der Waals surface area contributed by atoms with Gasteiger partial charge in [-0.3, -0.25) is 0 Å². The third kappa shape index (κ3) is 5.06. The number of hydrogen-bond acceptors (Lipinski definition) is 13. The van der Waals surface area contributed by atoms with Gasteiger partial charge in [0, 0.05) is 47.0 Å². The van der Waals surface area contributed by atoms with Gasteiger partial charge in [0.2, 0.25) is 0 Å². The van der Waals surface area contributed by atoms with Gasteiger partial charge in [0.25, 0.3) is 0 Å². The Labute approximate surface area is 290 Å². The van der Waals surface area contributed by atoms with Gasteiger partial charge in [-0.15, -0.1) is 11.3 Å². The van der Waals surface area contributed by atoms with E-state index in [4.69, 9.17) is 36.5 Å². The van der Waals surface area contributed by atoms with Crippen LogP contribution in [-0.4, -0.2) is 63.4 Å². The summed E-state index contributed by atoms with van der Waals surface area (Å²) in [6.07, 6.45) is 12.6. The monoisotopic (exact) mass is 677 g/mol. The molecule has 0 saturated carbocycles. The van der Waals surface area contributed by atoms with Crippen LogP contribution in [0.4, 0.5) is 22.5 Å². The molecule has 49 heavy (non-hydrogen) atoms. The predicted octanol–water partition coefficient (Wildman–Crippen LogP) is 5.82. The zero-order valence-corrected chi connectivity index (χ0v) is 28.9. The van der Waals surface area contributed by atoms with Crippen molar-refractivity contribution in [3.63, 3.8) is 0 Å². The molecule has 4 atom stereocenters. The largest absolute Gasteiger partial charge is 0.389 e. The van der Waals surface area contributed by atoms with Crippen molar-refractivity contribution in [3.05, 3.63) is 56.8 Å². The highest BCUT2D eigenvalue weighted by atomic mass is 32.1. The van der Waals surface area contributed by atoms with Gasteiger partial charge in [0.05, 0.1) is 22.6 Å². The Morgan fingerprint density at radius 2 is 1.98 bits per heavy atom. The number of likely N-dealkylation sites (N-methyl/N-ethyl adjacent to an activating group) is 1. The van der Waals surface area contributed by atoms with E-state index in [1.165, 1.54) is 11.1 Å². The number of fused-ring (bicyclic) bond motifs is 4. The van der Waals surface area contributed by atoms with Crippen molar-refractivity contribution in [2.75, 3.05) is 41.8 Å². The Morgan fingerprint density at radius 3 is 2.73 bits per heavy atom. The van der Waals surface area contributed by atoms with Crippen LogP contribution in [-0.2, 0) is 18.3 Å². The first-order chi connectivity index (χ1) is 23.8. The first kappa shape index (κ1) is 31.7. The maximum atomic E-state index is 10.2. The Balaban J connectivity index is 1.28. The number of hydrogen-bond donors (Lipinski definition) is 4. The summed E-state index contributed by atoms with van der Waals surface area (Å²) < 4.78 is 6.36. The summed E-state index contributed by atoms with van der Waals surface area (Å²) in [5.74, 6) is 3.10. The molecule has 6 N–H and O–H groups in total. The molecule has 4 unspecified atom stereocenters. The van der Waals surface area contributed by atoms with Crippen LogP contribution < -0.4 is 21.7 Å². The number of nitrogens with two attached hydrogens (primary N) is 2. The molecule has 8 rings (SSSR count). The van der Waals surface area contributed by atoms with E-state index in [0.29, 0.717) is 51.1 Å². The summed E-state index contributed by atoms with van der Waals surface area (Å²) in [6, 6.07) is 6.78. The first-order valence-electron chi connectivity index (χ1n) is 17.5. The molecule has 4 aromatic rings. The molecule has 0 amide bonds. The van der Waals surface area contributed by atoms with Crippen molar-refractivity contribution in [1.82, 2.24) is 25.0 Å². The van der Waals surface area contributed by atoms with E-state index in [9.17, 15) is 5.26 Å². The van der Waals surface area contributed by atoms with Crippen LogP contribution in [0.5, 0.6) is 0 Å². The molecular weight excluding hydrogens is 635 g/mol. The lowest BCUT2D eigenvalue weighted by atomic mass is 9.63. The van der Waals surface area contributed by atoms with Gasteiger partial charge >= 0.3 is 0 Å². The van der Waals surface area contributed by atoms with E-state index >= 15 is 0 Å². The van der Waals surface area contributed by atoms with Crippen molar-refractivity contribution in [3.8, 4) is 17.6 Å². The summed E-state index contributed by atoms with van der Waals surface area (Å²) in [7, 11) is 2.17. The van der Waals surface area contributed by atoms with Crippen molar-refractivity contribution in [2.24, 2.45) is 0 Å². The number of anilines is 4. The minimum Gasteiger partial charge on any atom is -0.389 e. The Bertz CT molecular complexity index is 1960. The molecule has 0 bridgehead atoms. The number of aryl methyl sites for hydroxylation is 1. The van der Waals surface area contributed by atoms with Gasteiger partial charge in [-0.05, 0) is 96.4 Å². The minimum atomic E-state index is -0.441. The third-order valence-electron chi connectivity index (χ3n) is 11.4. The molecule has 0 radical (unpaired) electrons. The number of pyridine rings is 1. The fourth-order valence-corrected chi connectivity index (χ4v) is 10.3. The maximum absolute atomic E-state index is 10.2. The molecule has 0 aromatic carbocycles. The van der Waals surface area contributed by atoms with Gasteiger partial charge in [0.1, 0.15) is 28.5 Å². The van der Waals surface area contributed by atoms with Crippen molar-refractivity contribution >= 4 is 40.0 Å². The van der Waals surface area contributed by atoms with E-state index in [-0.39, 0.29) is 12.1 Å². The van der Waals surface area contributed by atoms with Gasteiger partial charge in [-0.1, -0.05) is 11.2 Å². The molecule has 1 spiro atoms. The fraction of sp³-hybridized carbons (Fsp3) is 0.500. The summed E-state index contributed by atoms with van der Waals surface area (Å²) in [5, 5.41) is 27.8. The van der Waals surface area contributed by atoms with Crippen LogP contribution in [0.25, 0.3) is 11.5 Å². The smallest absolute Gasteiger partial charge is 0.186 e. The fourth-order valence-electron chi connectivity index (χ4n) is 9.18. The van der Waals surface area contributed by atoms with E-state index in [1.54, 1.807) is 17.5 Å². The second-order valence-corrected chi connectivity index (χ2v) is 15.2. The number of nitriles is 1. The van der Waals surface area contributed by atoms with E-state index in [1.807, 2.05) is 12.1 Å². The second-order valence-electron chi connectivity index (χ2n) is 14.1. The number of nitrogen functional groups attached to an aromatic ring is 2. The van der Waals surface area contributed by atoms with E-state index < -0.39 is 5.41 Å². The molecule has 12 nitrogen and oxygen atoms in total. The lowest BCUT2D eigenvalue weighted by molar-refractivity contribution is 0.265. The van der Waals surface area contributed by atoms with Crippen LogP contribution in [0.2, 0.25) is 0 Å². The second kappa shape index (κ2) is 12.4. The molecule has 13 heteroatoms. The van der Waals surface area contributed by atoms with Crippen LogP contribution in [0, 0.1) is 16.7 Å². The molecular formula is C36H43N11OS. The van der Waals surface area contributed by atoms with Gasteiger partial charge in [-0.2, -0.15) is 5.26 Å². The number of nitrogens with one attached hydrogen (secondary N) is 2. The SMILES string of the molecule is CC(Nc1nc(-c2noc3c2CCCC32CCCc3sc(N)c(C#N)c32)nc(N2CCCC2c2cccnc2N)c1C=N)C1CCCN1C. The van der Waals surface area contributed by atoms with Crippen LogP contribution >= 0.6 is 11.3 Å². The molecule has 2 aliphatic heterocycles. The standard InChI is InChI=1S/C36H43N11OS/c1-20(25-10-6-16-46(25)2)42-33-24(19-38)35(47-17-7-11-26(47)21-9-5-15-41-31(21)39)44-34(43-33)29-22-8-3-13-36(30(22)48-45-29)14-4-12-27-28(36)23(18-37)32(40)49-27/h5,9,15,19-20,25-26,38H,3-4,6-8,10-14,16-17,40H2,1-2H3,(H2,39,41)(H,42,43,44). The van der Waals surface area contributed by atoms with E-state index in [2.05, 4.69) is 40.1 Å². The molecule has 2 aliphatic carbocycles. The number of thiophene rings is 1. The highest BCUT2D eigenvalue weighted by molar-refractivity contribution is 7.16. The van der Waals surface area contributed by atoms with Crippen molar-refractivity contribution in [2.45, 2.75) is 94.7 Å². The minimum absolute atomic E-state index is 0.0370. The van der Waals surface area contributed by atoms with Gasteiger partial charge in [-0.25, -0.2) is 15.0 Å². The van der Waals surface area contributed by atoms with Gasteiger partial charge in [0.15, 0.2) is 17.3 Å². The summed E-state index contributed by atoms with van der Waals surface area (Å²) in [5.41, 5.74) is 17.2. The van der Waals surface area contributed by atoms with Crippen LogP contribution in [0.3, 0.4) is 0 Å². The van der Waals surface area contributed by atoms with Crippen LogP contribution in [0.1, 0.15) is 103 Å². The Hall–Kier alpha value is -4.54. The lowest BCUT2D eigenvalue weighted by Gasteiger charge is -2.39. The number of nitrogens with zero attached hydrogens (tertiary/aromatic N) is 7. The quantitative estimate of drug-likeness (QED) is 0.173. The summed E-state index contributed by atoms with van der Waals surface area (Å²) in [4.78, 5) is 20.6. The molecule has 2 saturated heterocycles. The zero-order chi connectivity index (χ0) is 33.9. The summed E-state index contributed by atoms with van der Waals surface area (Å²) >= 11 is 1.54. The average Bonchev–Trinajstić information content (AvgIpc) is 3.91. The maximum Gasteiger partial charge on any atom is 0.186 e. The molecule has 2 fully saturated rings. The number of likely N-dealkylation sites (tertiary alicyclic amines) is 1. The van der Waals surface area contributed by atoms with Crippen molar-refractivity contribution < 1.29 is 4.52 Å². The zero-order valence-electron chi connectivity index (χ0n) is 28.1. The topological polar surface area (TPSA) is 183 Å². The molecule has 4 aliphatic rings. The highest BCUT2D eigenvalue weighted by Gasteiger charge is 2.49. The predicted molar refractivity (Wildman–Crippen MR) is 192 cm³/mol. The van der Waals surface area contributed by atoms with Crippen molar-refractivity contribution in [1.29, 1.82) is 10.7 Å². The Kier molecular flexibility index (Phi) is 8.03.